The second-order valence-corrected chi connectivity index (χ2v) is 11.4. The number of fused-ring (bicyclic) bond motifs is 3. The summed E-state index contributed by atoms with van der Waals surface area (Å²) in [4.78, 5) is 21.2. The fourth-order valence-electron chi connectivity index (χ4n) is 6.80. The lowest BCUT2D eigenvalue weighted by Crippen LogP contribution is -2.64. The van der Waals surface area contributed by atoms with Crippen LogP contribution in [0.15, 0.2) is 71.3 Å². The topological polar surface area (TPSA) is 55.6 Å². The Hall–Kier alpha value is -2.96. The molecule has 4 saturated heterocycles. The van der Waals surface area contributed by atoms with Gasteiger partial charge in [0, 0.05) is 24.3 Å². The number of nitrogens with zero attached hydrogens (tertiary/aromatic N) is 3. The fourth-order valence-corrected chi connectivity index (χ4v) is 6.80. The second kappa shape index (κ2) is 10.1. The maximum atomic E-state index is 14.0. The van der Waals surface area contributed by atoms with Crippen LogP contribution in [0, 0.1) is 5.92 Å². The van der Waals surface area contributed by atoms with Crippen LogP contribution in [0.1, 0.15) is 50.3 Å². The Labute approximate surface area is 219 Å². The van der Waals surface area contributed by atoms with Gasteiger partial charge in [-0.3, -0.25) is 4.90 Å². The number of hydrogen-bond donors (Lipinski definition) is 0. The van der Waals surface area contributed by atoms with Gasteiger partial charge in [-0.25, -0.2) is 9.78 Å². The molecule has 4 aliphatic rings. The van der Waals surface area contributed by atoms with E-state index in [1.165, 1.54) is 6.42 Å². The molecule has 0 aliphatic carbocycles. The van der Waals surface area contributed by atoms with Crippen molar-refractivity contribution in [3.63, 3.8) is 0 Å². The third kappa shape index (κ3) is 4.73. The standard InChI is InChI=1S/C31H38N3O3/c1-31(26-13-7-3-8-14-26,33-17-9-4-10-18-33)30(35)37-28-22-34(19-15-24(28)16-20-34)21-27-23-36-29(32-27)25-11-5-2-6-12-25/h2-3,5-8,11-14,23-24,28H,4,9-10,15-22H2,1H3/q+1/t24?,28-,31-,34?/m0/s1. The number of carbonyl (C=O) groups is 1. The van der Waals surface area contributed by atoms with E-state index in [9.17, 15) is 4.79 Å². The van der Waals surface area contributed by atoms with Gasteiger partial charge in [-0.15, -0.1) is 0 Å². The van der Waals surface area contributed by atoms with E-state index in [4.69, 9.17) is 14.1 Å². The number of hydrogen-bond acceptors (Lipinski definition) is 5. The molecule has 2 atom stereocenters. The fraction of sp³-hybridized carbons (Fsp3) is 0.484. The van der Waals surface area contributed by atoms with Gasteiger partial charge >= 0.3 is 5.97 Å². The van der Waals surface area contributed by atoms with E-state index in [2.05, 4.69) is 24.0 Å². The smallest absolute Gasteiger partial charge is 0.331 e. The molecule has 0 spiro atoms. The molecule has 2 aromatic carbocycles. The minimum atomic E-state index is -0.755. The number of esters is 1. The predicted molar refractivity (Wildman–Crippen MR) is 142 cm³/mol. The van der Waals surface area contributed by atoms with E-state index in [-0.39, 0.29) is 12.1 Å². The molecule has 4 fully saturated rings. The molecule has 194 valence electrons. The largest absolute Gasteiger partial charge is 0.454 e. The van der Waals surface area contributed by atoms with E-state index in [1.807, 2.05) is 48.5 Å². The molecular formula is C31H38N3O3+. The first-order valence-corrected chi connectivity index (χ1v) is 13.9. The van der Waals surface area contributed by atoms with Crippen molar-refractivity contribution >= 4 is 5.97 Å². The van der Waals surface area contributed by atoms with Crippen LogP contribution in [-0.2, 0) is 21.6 Å². The van der Waals surface area contributed by atoms with E-state index >= 15 is 0 Å². The number of likely N-dealkylation sites (tertiary alicyclic amines) is 1. The van der Waals surface area contributed by atoms with Crippen molar-refractivity contribution in [3.05, 3.63) is 78.2 Å². The zero-order valence-electron chi connectivity index (χ0n) is 21.9. The Bertz CT molecular complexity index is 1200. The second-order valence-electron chi connectivity index (χ2n) is 11.4. The summed E-state index contributed by atoms with van der Waals surface area (Å²) in [7, 11) is 0. The van der Waals surface area contributed by atoms with Crippen LogP contribution in [0.3, 0.4) is 0 Å². The summed E-state index contributed by atoms with van der Waals surface area (Å²) in [5, 5.41) is 0. The molecule has 5 heterocycles. The van der Waals surface area contributed by atoms with E-state index in [0.717, 1.165) is 86.3 Å². The molecule has 4 aliphatic heterocycles. The van der Waals surface area contributed by atoms with Crippen molar-refractivity contribution in [2.75, 3.05) is 32.7 Å². The number of oxazole rings is 1. The van der Waals surface area contributed by atoms with Crippen LogP contribution in [0.4, 0.5) is 0 Å². The van der Waals surface area contributed by atoms with Crippen molar-refractivity contribution < 1.29 is 18.4 Å². The predicted octanol–water partition coefficient (Wildman–Crippen LogP) is 5.40. The zero-order chi connectivity index (χ0) is 25.3. The monoisotopic (exact) mass is 500 g/mol. The molecule has 0 N–H and O–H groups in total. The van der Waals surface area contributed by atoms with Crippen LogP contribution in [0.25, 0.3) is 11.5 Å². The van der Waals surface area contributed by atoms with Crippen LogP contribution >= 0.6 is 0 Å². The lowest BCUT2D eigenvalue weighted by Gasteiger charge is -2.52. The van der Waals surface area contributed by atoms with Gasteiger partial charge in [-0.1, -0.05) is 55.0 Å². The van der Waals surface area contributed by atoms with Gasteiger partial charge in [0.2, 0.25) is 5.89 Å². The summed E-state index contributed by atoms with van der Waals surface area (Å²) in [6, 6.07) is 20.3. The molecule has 1 aromatic heterocycles. The van der Waals surface area contributed by atoms with Gasteiger partial charge in [0.25, 0.3) is 0 Å². The highest BCUT2D eigenvalue weighted by molar-refractivity contribution is 5.82. The molecule has 6 heteroatoms. The van der Waals surface area contributed by atoms with Crippen molar-refractivity contribution in [1.82, 2.24) is 9.88 Å². The minimum absolute atomic E-state index is 0.0525. The maximum Gasteiger partial charge on any atom is 0.331 e. The van der Waals surface area contributed by atoms with Gasteiger partial charge in [-0.2, -0.15) is 0 Å². The third-order valence-corrected chi connectivity index (χ3v) is 9.09. The minimum Gasteiger partial charge on any atom is -0.454 e. The molecular weight excluding hydrogens is 462 g/mol. The summed E-state index contributed by atoms with van der Waals surface area (Å²) in [6.45, 7) is 7.83. The number of carbonyl (C=O) groups excluding carboxylic acids is 1. The Morgan fingerprint density at radius 1 is 1.03 bits per heavy atom. The molecule has 3 aromatic rings. The zero-order valence-corrected chi connectivity index (χ0v) is 21.9. The molecule has 37 heavy (non-hydrogen) atoms. The molecule has 0 amide bonds. The van der Waals surface area contributed by atoms with Gasteiger partial charge in [0.05, 0.1) is 13.1 Å². The van der Waals surface area contributed by atoms with Gasteiger partial charge in [-0.05, 0) is 50.6 Å². The summed E-state index contributed by atoms with van der Waals surface area (Å²) in [6.07, 6.45) is 7.42. The van der Waals surface area contributed by atoms with Crippen molar-refractivity contribution in [2.45, 2.75) is 57.2 Å². The number of benzene rings is 2. The van der Waals surface area contributed by atoms with E-state index in [0.29, 0.717) is 11.8 Å². The van der Waals surface area contributed by atoms with Gasteiger partial charge < -0.3 is 13.6 Å². The summed E-state index contributed by atoms with van der Waals surface area (Å²) in [5.74, 6) is 1.02. The first-order valence-electron chi connectivity index (χ1n) is 13.9. The average Bonchev–Trinajstić information content (AvgIpc) is 3.42. The van der Waals surface area contributed by atoms with Crippen molar-refractivity contribution in [1.29, 1.82) is 0 Å². The van der Waals surface area contributed by atoms with E-state index < -0.39 is 5.54 Å². The Kier molecular flexibility index (Phi) is 6.63. The number of ether oxygens (including phenoxy) is 1. The normalized spacial score (nSPS) is 27.5. The first kappa shape index (κ1) is 24.4. The van der Waals surface area contributed by atoms with Crippen molar-refractivity contribution in [3.8, 4) is 11.5 Å². The van der Waals surface area contributed by atoms with Crippen LogP contribution in [0.5, 0.6) is 0 Å². The maximum absolute atomic E-state index is 14.0. The third-order valence-electron chi connectivity index (χ3n) is 9.09. The van der Waals surface area contributed by atoms with Gasteiger partial charge in [0.15, 0.2) is 6.10 Å². The first-order chi connectivity index (χ1) is 18.1. The quantitative estimate of drug-likeness (QED) is 0.321. The van der Waals surface area contributed by atoms with Crippen LogP contribution in [-0.4, -0.2) is 59.2 Å². The lowest BCUT2D eigenvalue weighted by atomic mass is 9.82. The van der Waals surface area contributed by atoms with Crippen LogP contribution in [0.2, 0.25) is 0 Å². The number of quaternary nitrogens is 1. The Balaban J connectivity index is 1.20. The van der Waals surface area contributed by atoms with Crippen LogP contribution < -0.4 is 0 Å². The molecule has 2 bridgehead atoms. The number of aromatic nitrogens is 1. The molecule has 0 saturated carbocycles. The summed E-state index contributed by atoms with van der Waals surface area (Å²) in [5.41, 5.74) is 2.25. The molecule has 6 nitrogen and oxygen atoms in total. The lowest BCUT2D eigenvalue weighted by molar-refractivity contribution is -0.958. The Morgan fingerprint density at radius 2 is 1.70 bits per heavy atom. The molecule has 0 radical (unpaired) electrons. The average molecular weight is 501 g/mol. The summed E-state index contributed by atoms with van der Waals surface area (Å²) < 4.78 is 13.2. The van der Waals surface area contributed by atoms with Crippen molar-refractivity contribution in [2.24, 2.45) is 5.92 Å². The van der Waals surface area contributed by atoms with E-state index in [1.54, 1.807) is 6.26 Å². The highest BCUT2D eigenvalue weighted by Crippen LogP contribution is 2.39. The Morgan fingerprint density at radius 3 is 2.41 bits per heavy atom. The summed E-state index contributed by atoms with van der Waals surface area (Å²) >= 11 is 0. The highest BCUT2D eigenvalue weighted by Gasteiger charge is 2.51. The number of piperidine rings is 4. The highest BCUT2D eigenvalue weighted by atomic mass is 16.5. The number of rotatable bonds is 7. The SMILES string of the molecule is C[C@@](C(=O)O[C@H]1C[N+]2(Cc3coc(-c4ccccc4)n3)CCC1CC2)(c1ccccc1)N1CCCCC1. The molecule has 7 rings (SSSR count). The van der Waals surface area contributed by atoms with Gasteiger partial charge in [0.1, 0.15) is 30.6 Å². The molecule has 0 unspecified atom stereocenters.